The van der Waals surface area contributed by atoms with Crippen LogP contribution in [0.4, 0.5) is 10.1 Å². The minimum absolute atomic E-state index is 0.242. The molecule has 0 saturated heterocycles. The van der Waals surface area contributed by atoms with Crippen LogP contribution in [0.5, 0.6) is 0 Å². The lowest BCUT2D eigenvalue weighted by molar-refractivity contribution is 0.499. The molecule has 0 amide bonds. The number of halogens is 1. The fourth-order valence-electron chi connectivity index (χ4n) is 1.78. The molecule has 0 aliphatic carbocycles. The van der Waals surface area contributed by atoms with Crippen LogP contribution in [-0.4, -0.2) is 5.75 Å². The van der Waals surface area contributed by atoms with Crippen molar-refractivity contribution in [1.82, 2.24) is 0 Å². The third-order valence-corrected chi connectivity index (χ3v) is 4.13. The first-order chi connectivity index (χ1) is 8.15. The molecule has 0 aromatic heterocycles. The van der Waals surface area contributed by atoms with E-state index in [9.17, 15) is 4.39 Å². The maximum Gasteiger partial charge on any atom is 0.126 e. The average molecular weight is 255 g/mol. The molecule has 2 N–H and O–H groups in total. The first-order valence-electron chi connectivity index (χ1n) is 6.34. The van der Waals surface area contributed by atoms with Gasteiger partial charge in [0, 0.05) is 16.3 Å². The number of benzene rings is 1. The molecule has 1 nitrogen and oxygen atoms in total. The molecule has 0 bridgehead atoms. The summed E-state index contributed by atoms with van der Waals surface area (Å²) in [5.74, 6) is 1.54. The Balaban J connectivity index is 2.47. The van der Waals surface area contributed by atoms with Gasteiger partial charge in [-0.3, -0.25) is 0 Å². The monoisotopic (exact) mass is 255 g/mol. The van der Waals surface area contributed by atoms with E-state index in [1.807, 2.05) is 6.07 Å². The smallest absolute Gasteiger partial charge is 0.126 e. The van der Waals surface area contributed by atoms with Gasteiger partial charge in [0.15, 0.2) is 0 Å². The summed E-state index contributed by atoms with van der Waals surface area (Å²) in [6.07, 6.45) is 4.99. The van der Waals surface area contributed by atoms with Crippen LogP contribution in [0.2, 0.25) is 0 Å². The number of nitrogen functional groups attached to an aromatic ring is 1. The SMILES string of the molecule is CCCCC(CC)CSc1cc(N)cc(F)c1. The van der Waals surface area contributed by atoms with E-state index in [4.69, 9.17) is 5.73 Å². The molecule has 3 heteroatoms. The molecule has 0 spiro atoms. The van der Waals surface area contributed by atoms with Crippen molar-refractivity contribution in [3.63, 3.8) is 0 Å². The molecule has 0 fully saturated rings. The van der Waals surface area contributed by atoms with Crippen LogP contribution in [-0.2, 0) is 0 Å². The van der Waals surface area contributed by atoms with Crippen molar-refractivity contribution in [2.45, 2.75) is 44.4 Å². The molecule has 1 rings (SSSR count). The molecular weight excluding hydrogens is 233 g/mol. The van der Waals surface area contributed by atoms with Gasteiger partial charge in [0.2, 0.25) is 0 Å². The summed E-state index contributed by atoms with van der Waals surface area (Å²) in [6.45, 7) is 4.44. The molecule has 0 aliphatic rings. The lowest BCUT2D eigenvalue weighted by Gasteiger charge is -2.13. The fourth-order valence-corrected chi connectivity index (χ4v) is 3.03. The zero-order valence-electron chi connectivity index (χ0n) is 10.7. The maximum atomic E-state index is 13.1. The van der Waals surface area contributed by atoms with E-state index in [1.165, 1.54) is 31.7 Å². The predicted molar refractivity (Wildman–Crippen MR) is 74.8 cm³/mol. The summed E-state index contributed by atoms with van der Waals surface area (Å²) >= 11 is 1.71. The van der Waals surface area contributed by atoms with Crippen LogP contribution in [0.15, 0.2) is 23.1 Å². The van der Waals surface area contributed by atoms with Gasteiger partial charge < -0.3 is 5.73 Å². The Bertz CT molecular complexity index is 321. The van der Waals surface area contributed by atoms with Gasteiger partial charge in [0.05, 0.1) is 0 Å². The van der Waals surface area contributed by atoms with E-state index in [-0.39, 0.29) is 5.82 Å². The highest BCUT2D eigenvalue weighted by atomic mass is 32.2. The van der Waals surface area contributed by atoms with Crippen molar-refractivity contribution >= 4 is 17.4 Å². The van der Waals surface area contributed by atoms with Gasteiger partial charge in [-0.1, -0.05) is 33.1 Å². The highest BCUT2D eigenvalue weighted by molar-refractivity contribution is 7.99. The Morgan fingerprint density at radius 3 is 2.65 bits per heavy atom. The summed E-state index contributed by atoms with van der Waals surface area (Å²) in [4.78, 5) is 0.942. The van der Waals surface area contributed by atoms with Crippen LogP contribution in [0.25, 0.3) is 0 Å². The average Bonchev–Trinajstić information content (AvgIpc) is 2.28. The second-order valence-corrected chi connectivity index (χ2v) is 5.54. The molecule has 96 valence electrons. The minimum Gasteiger partial charge on any atom is -0.399 e. The number of anilines is 1. The lowest BCUT2D eigenvalue weighted by atomic mass is 10.0. The highest BCUT2D eigenvalue weighted by Gasteiger charge is 2.07. The zero-order chi connectivity index (χ0) is 12.7. The van der Waals surface area contributed by atoms with Crippen LogP contribution < -0.4 is 5.73 Å². The first kappa shape index (κ1) is 14.4. The van der Waals surface area contributed by atoms with E-state index >= 15 is 0 Å². The molecule has 0 aliphatic heterocycles. The Labute approximate surface area is 108 Å². The van der Waals surface area contributed by atoms with E-state index < -0.39 is 0 Å². The fraction of sp³-hybridized carbons (Fsp3) is 0.571. The highest BCUT2D eigenvalue weighted by Crippen LogP contribution is 2.27. The van der Waals surface area contributed by atoms with Crippen molar-refractivity contribution in [3.8, 4) is 0 Å². The Kier molecular flexibility index (Phi) is 6.41. The molecule has 1 aromatic carbocycles. The van der Waals surface area contributed by atoms with Crippen LogP contribution >= 0.6 is 11.8 Å². The summed E-state index contributed by atoms with van der Waals surface area (Å²) in [6, 6.07) is 4.77. The zero-order valence-corrected chi connectivity index (χ0v) is 11.5. The number of unbranched alkanes of at least 4 members (excludes halogenated alkanes) is 1. The van der Waals surface area contributed by atoms with Crippen molar-refractivity contribution in [2.75, 3.05) is 11.5 Å². The largest absolute Gasteiger partial charge is 0.399 e. The Hall–Kier alpha value is -0.700. The maximum absolute atomic E-state index is 13.1. The van der Waals surface area contributed by atoms with Gasteiger partial charge in [-0.25, -0.2) is 4.39 Å². The van der Waals surface area contributed by atoms with Crippen molar-refractivity contribution in [2.24, 2.45) is 5.92 Å². The normalized spacial score (nSPS) is 12.6. The van der Waals surface area contributed by atoms with E-state index in [1.54, 1.807) is 17.8 Å². The van der Waals surface area contributed by atoms with E-state index in [0.29, 0.717) is 5.69 Å². The molecule has 17 heavy (non-hydrogen) atoms. The number of rotatable bonds is 7. The number of hydrogen-bond acceptors (Lipinski definition) is 2. The summed E-state index contributed by atoms with van der Waals surface area (Å²) in [5, 5.41) is 0. The van der Waals surface area contributed by atoms with E-state index in [2.05, 4.69) is 13.8 Å². The number of thioether (sulfide) groups is 1. The number of hydrogen-bond donors (Lipinski definition) is 1. The van der Waals surface area contributed by atoms with Crippen LogP contribution in [0.3, 0.4) is 0 Å². The van der Waals surface area contributed by atoms with Gasteiger partial charge in [-0.15, -0.1) is 11.8 Å². The third-order valence-electron chi connectivity index (χ3n) is 2.92. The second kappa shape index (κ2) is 7.59. The molecule has 0 radical (unpaired) electrons. The van der Waals surface area contributed by atoms with Gasteiger partial charge >= 0.3 is 0 Å². The predicted octanol–water partition coefficient (Wildman–Crippen LogP) is 4.72. The van der Waals surface area contributed by atoms with Gasteiger partial charge in [0.1, 0.15) is 5.82 Å². The van der Waals surface area contributed by atoms with Crippen LogP contribution in [0.1, 0.15) is 39.5 Å². The van der Waals surface area contributed by atoms with Crippen LogP contribution in [0, 0.1) is 11.7 Å². The second-order valence-electron chi connectivity index (χ2n) is 4.45. The summed E-state index contributed by atoms with van der Waals surface area (Å²) < 4.78 is 13.1. The molecule has 0 saturated carbocycles. The lowest BCUT2D eigenvalue weighted by Crippen LogP contribution is -2.02. The molecule has 1 aromatic rings. The molecule has 1 unspecified atom stereocenters. The topological polar surface area (TPSA) is 26.0 Å². The quantitative estimate of drug-likeness (QED) is 0.563. The third kappa shape index (κ3) is 5.44. The van der Waals surface area contributed by atoms with Gasteiger partial charge in [-0.05, 0) is 30.5 Å². The molecular formula is C14H22FNS. The van der Waals surface area contributed by atoms with Crippen molar-refractivity contribution < 1.29 is 4.39 Å². The Morgan fingerprint density at radius 1 is 1.29 bits per heavy atom. The standard InChI is InChI=1S/C14H22FNS/c1-3-5-6-11(4-2)10-17-14-8-12(15)7-13(16)9-14/h7-9,11H,3-6,10,16H2,1-2H3. The van der Waals surface area contributed by atoms with Crippen molar-refractivity contribution in [1.29, 1.82) is 0 Å². The number of nitrogens with two attached hydrogens (primary N) is 1. The van der Waals surface area contributed by atoms with Gasteiger partial charge in [-0.2, -0.15) is 0 Å². The van der Waals surface area contributed by atoms with Crippen molar-refractivity contribution in [3.05, 3.63) is 24.0 Å². The molecule has 0 heterocycles. The summed E-state index contributed by atoms with van der Waals surface area (Å²) in [7, 11) is 0. The van der Waals surface area contributed by atoms with Gasteiger partial charge in [0.25, 0.3) is 0 Å². The van der Waals surface area contributed by atoms with E-state index in [0.717, 1.165) is 16.6 Å². The molecule has 1 atom stereocenters. The summed E-state index contributed by atoms with van der Waals surface area (Å²) in [5.41, 5.74) is 6.13. The minimum atomic E-state index is -0.242. The Morgan fingerprint density at radius 2 is 2.06 bits per heavy atom. The first-order valence-corrected chi connectivity index (χ1v) is 7.33.